The molecular weight excluding hydrogens is 140 g/mol. The van der Waals surface area contributed by atoms with Crippen LogP contribution < -0.4 is 5.11 Å². The van der Waals surface area contributed by atoms with Crippen LogP contribution in [0.5, 0.6) is 0 Å². The predicted octanol–water partition coefficient (Wildman–Crippen LogP) is 1.34. The molecule has 0 fully saturated rings. The molecular formula is C9H17O2-. The van der Waals surface area contributed by atoms with E-state index in [9.17, 15) is 9.90 Å². The quantitative estimate of drug-likeness (QED) is 0.546. The second-order valence-corrected chi connectivity index (χ2v) is 3.13. The normalized spacial score (nSPS) is 12.9. The summed E-state index contributed by atoms with van der Waals surface area (Å²) in [5, 5.41) is 10.0. The standard InChI is InChI=1S/C9H18O2/c1-3-8(2)6-4-5-7-9(10)11/h8H,3-7H2,1-2H3,(H,10,11)/p-1/t8-/m0/s1. The van der Waals surface area contributed by atoms with E-state index in [4.69, 9.17) is 0 Å². The lowest BCUT2D eigenvalue weighted by Crippen LogP contribution is -2.21. The van der Waals surface area contributed by atoms with Gasteiger partial charge < -0.3 is 9.90 Å². The fraction of sp³-hybridized carbons (Fsp3) is 0.889. The van der Waals surface area contributed by atoms with E-state index in [0.717, 1.165) is 25.2 Å². The van der Waals surface area contributed by atoms with Crippen molar-refractivity contribution in [1.29, 1.82) is 0 Å². The summed E-state index contributed by atoms with van der Waals surface area (Å²) in [6.07, 6.45) is 4.33. The maximum absolute atomic E-state index is 10.0. The average Bonchev–Trinajstić information content (AvgIpc) is 1.97. The first-order chi connectivity index (χ1) is 5.16. The molecule has 0 amide bonds. The summed E-state index contributed by atoms with van der Waals surface area (Å²) in [4.78, 5) is 10.0. The summed E-state index contributed by atoms with van der Waals surface area (Å²) in [6.45, 7) is 4.35. The molecule has 0 spiro atoms. The van der Waals surface area contributed by atoms with E-state index in [2.05, 4.69) is 13.8 Å². The number of carboxylic acid groups (broad SMARTS) is 1. The van der Waals surface area contributed by atoms with Crippen LogP contribution in [0, 0.1) is 5.92 Å². The van der Waals surface area contributed by atoms with Crippen LogP contribution >= 0.6 is 0 Å². The monoisotopic (exact) mass is 157 g/mol. The van der Waals surface area contributed by atoms with E-state index in [-0.39, 0.29) is 6.42 Å². The first-order valence-electron chi connectivity index (χ1n) is 4.36. The molecule has 0 aliphatic rings. The van der Waals surface area contributed by atoms with E-state index < -0.39 is 5.97 Å². The first kappa shape index (κ1) is 10.5. The minimum Gasteiger partial charge on any atom is -0.550 e. The second kappa shape index (κ2) is 6.20. The maximum atomic E-state index is 10.0. The van der Waals surface area contributed by atoms with Crippen LogP contribution in [0.25, 0.3) is 0 Å². The third-order valence-electron chi connectivity index (χ3n) is 2.02. The lowest BCUT2D eigenvalue weighted by molar-refractivity contribution is -0.305. The Hall–Kier alpha value is -0.530. The Morgan fingerprint density at radius 2 is 2.09 bits per heavy atom. The molecule has 2 nitrogen and oxygen atoms in total. The van der Waals surface area contributed by atoms with Gasteiger partial charge in [-0.3, -0.25) is 0 Å². The van der Waals surface area contributed by atoms with Gasteiger partial charge in [0.05, 0.1) is 0 Å². The molecule has 0 rings (SSSR count). The third-order valence-corrected chi connectivity index (χ3v) is 2.02. The molecule has 0 saturated carbocycles. The molecule has 0 aromatic rings. The highest BCUT2D eigenvalue weighted by Crippen LogP contribution is 2.11. The number of rotatable bonds is 6. The van der Waals surface area contributed by atoms with E-state index in [1.54, 1.807) is 0 Å². The maximum Gasteiger partial charge on any atom is 0.0414 e. The van der Waals surface area contributed by atoms with E-state index in [1.165, 1.54) is 6.42 Å². The van der Waals surface area contributed by atoms with E-state index in [1.807, 2.05) is 0 Å². The van der Waals surface area contributed by atoms with Crippen LogP contribution in [-0.4, -0.2) is 5.97 Å². The van der Waals surface area contributed by atoms with Gasteiger partial charge in [0.25, 0.3) is 0 Å². The zero-order chi connectivity index (χ0) is 8.69. The van der Waals surface area contributed by atoms with Crippen molar-refractivity contribution in [3.63, 3.8) is 0 Å². The molecule has 0 aliphatic carbocycles. The van der Waals surface area contributed by atoms with Gasteiger partial charge in [-0.05, 0) is 18.8 Å². The van der Waals surface area contributed by atoms with Crippen molar-refractivity contribution in [2.75, 3.05) is 0 Å². The molecule has 0 N–H and O–H groups in total. The number of aliphatic carboxylic acids is 1. The largest absolute Gasteiger partial charge is 0.550 e. The summed E-state index contributed by atoms with van der Waals surface area (Å²) in [7, 11) is 0. The summed E-state index contributed by atoms with van der Waals surface area (Å²) in [6, 6.07) is 0. The Kier molecular flexibility index (Phi) is 5.90. The number of hydrogen-bond donors (Lipinski definition) is 0. The summed E-state index contributed by atoms with van der Waals surface area (Å²) >= 11 is 0. The highest BCUT2D eigenvalue weighted by atomic mass is 16.4. The Morgan fingerprint density at radius 1 is 1.45 bits per heavy atom. The molecule has 0 radical (unpaired) electrons. The SMILES string of the molecule is CC[C@H](C)CCCCC(=O)[O-]. The van der Waals surface area contributed by atoms with Gasteiger partial charge in [0, 0.05) is 5.97 Å². The molecule has 0 heterocycles. The van der Waals surface area contributed by atoms with Crippen molar-refractivity contribution in [2.45, 2.75) is 46.0 Å². The van der Waals surface area contributed by atoms with Gasteiger partial charge in [0.2, 0.25) is 0 Å². The molecule has 11 heavy (non-hydrogen) atoms. The lowest BCUT2D eigenvalue weighted by atomic mass is 10.0. The van der Waals surface area contributed by atoms with Crippen LogP contribution in [0.3, 0.4) is 0 Å². The Bertz CT molecular complexity index is 110. The molecule has 0 bridgehead atoms. The third kappa shape index (κ3) is 7.37. The van der Waals surface area contributed by atoms with Gasteiger partial charge in [-0.2, -0.15) is 0 Å². The number of unbranched alkanes of at least 4 members (excludes halogenated alkanes) is 1. The van der Waals surface area contributed by atoms with Crippen molar-refractivity contribution in [1.82, 2.24) is 0 Å². The van der Waals surface area contributed by atoms with Crippen LogP contribution in [-0.2, 0) is 4.79 Å². The van der Waals surface area contributed by atoms with Crippen molar-refractivity contribution in [2.24, 2.45) is 5.92 Å². The molecule has 0 aliphatic heterocycles. The number of carbonyl (C=O) groups is 1. The summed E-state index contributed by atoms with van der Waals surface area (Å²) in [5.74, 6) is -0.189. The summed E-state index contributed by atoms with van der Waals surface area (Å²) in [5.41, 5.74) is 0. The topological polar surface area (TPSA) is 40.1 Å². The molecule has 0 aromatic heterocycles. The lowest BCUT2D eigenvalue weighted by Gasteiger charge is -2.07. The van der Waals surface area contributed by atoms with Crippen LogP contribution in [0.2, 0.25) is 0 Å². The van der Waals surface area contributed by atoms with Gasteiger partial charge in [-0.25, -0.2) is 0 Å². The fourth-order valence-electron chi connectivity index (χ4n) is 0.966. The fourth-order valence-corrected chi connectivity index (χ4v) is 0.966. The molecule has 1 atom stereocenters. The number of carboxylic acids is 1. The van der Waals surface area contributed by atoms with E-state index >= 15 is 0 Å². The van der Waals surface area contributed by atoms with Crippen molar-refractivity contribution >= 4 is 5.97 Å². The predicted molar refractivity (Wildman–Crippen MR) is 42.9 cm³/mol. The molecule has 0 unspecified atom stereocenters. The molecule has 66 valence electrons. The average molecular weight is 157 g/mol. The zero-order valence-corrected chi connectivity index (χ0v) is 7.43. The smallest absolute Gasteiger partial charge is 0.0414 e. The van der Waals surface area contributed by atoms with Gasteiger partial charge in [-0.1, -0.05) is 33.1 Å². The van der Waals surface area contributed by atoms with E-state index in [0.29, 0.717) is 0 Å². The minimum atomic E-state index is -0.922. The van der Waals surface area contributed by atoms with Gasteiger partial charge in [0.15, 0.2) is 0 Å². The Balaban J connectivity index is 3.08. The number of hydrogen-bond acceptors (Lipinski definition) is 2. The molecule has 0 saturated heterocycles. The first-order valence-corrected chi connectivity index (χ1v) is 4.36. The van der Waals surface area contributed by atoms with Crippen molar-refractivity contribution in [3.05, 3.63) is 0 Å². The summed E-state index contributed by atoms with van der Waals surface area (Å²) < 4.78 is 0. The Morgan fingerprint density at radius 3 is 2.55 bits per heavy atom. The van der Waals surface area contributed by atoms with Gasteiger partial charge >= 0.3 is 0 Å². The van der Waals surface area contributed by atoms with Crippen LogP contribution in [0.15, 0.2) is 0 Å². The minimum absolute atomic E-state index is 0.219. The molecule has 0 aromatic carbocycles. The van der Waals surface area contributed by atoms with Crippen LogP contribution in [0.4, 0.5) is 0 Å². The number of carbonyl (C=O) groups excluding carboxylic acids is 1. The van der Waals surface area contributed by atoms with Crippen molar-refractivity contribution < 1.29 is 9.90 Å². The van der Waals surface area contributed by atoms with Crippen molar-refractivity contribution in [3.8, 4) is 0 Å². The Labute approximate surface area is 68.6 Å². The molecule has 2 heteroatoms. The second-order valence-electron chi connectivity index (χ2n) is 3.13. The highest BCUT2D eigenvalue weighted by Gasteiger charge is 1.97. The van der Waals surface area contributed by atoms with Gasteiger partial charge in [-0.15, -0.1) is 0 Å². The van der Waals surface area contributed by atoms with Gasteiger partial charge in [0.1, 0.15) is 0 Å². The zero-order valence-electron chi connectivity index (χ0n) is 7.43. The van der Waals surface area contributed by atoms with Crippen LogP contribution in [0.1, 0.15) is 46.0 Å². The highest BCUT2D eigenvalue weighted by molar-refractivity contribution is 5.63.